The minimum Gasteiger partial charge on any atom is -0.422 e. The number of para-hydroxylation sites is 1. The Bertz CT molecular complexity index is 1250. The zero-order valence-corrected chi connectivity index (χ0v) is 17.0. The monoisotopic (exact) mass is 414 g/mol. The van der Waals surface area contributed by atoms with Crippen LogP contribution < -0.4 is 5.43 Å². The van der Waals surface area contributed by atoms with Crippen molar-refractivity contribution < 1.29 is 8.81 Å². The molecule has 31 heavy (non-hydrogen) atoms. The molecule has 0 amide bonds. The second-order valence-electron chi connectivity index (χ2n) is 7.09. The summed E-state index contributed by atoms with van der Waals surface area (Å²) < 4.78 is 20.7. The molecule has 0 saturated heterocycles. The average Bonchev–Trinajstić information content (AvgIpc) is 3.40. The number of anilines is 1. The van der Waals surface area contributed by atoms with Crippen molar-refractivity contribution in [2.45, 2.75) is 19.8 Å². The molecule has 0 fully saturated rings. The van der Waals surface area contributed by atoms with E-state index in [9.17, 15) is 9.65 Å². The van der Waals surface area contributed by atoms with E-state index >= 15 is 0 Å². The summed E-state index contributed by atoms with van der Waals surface area (Å²) >= 11 is 0. The molecule has 0 aliphatic rings. The number of nitrogens with one attached hydrogen (secondary N) is 1. The predicted octanol–water partition coefficient (Wildman–Crippen LogP) is 5.11. The average molecular weight is 414 g/mol. The molecular formula is C23H19FN6O. The molecule has 7 nitrogen and oxygen atoms in total. The highest BCUT2D eigenvalue weighted by Crippen LogP contribution is 2.24. The molecule has 0 spiro atoms. The molecule has 0 bridgehead atoms. The molecule has 8 heteroatoms. The number of hydrogen-bond donors (Lipinski definition) is 1. The van der Waals surface area contributed by atoms with Gasteiger partial charge in [-0.25, -0.2) is 19.5 Å². The molecule has 4 rings (SSSR count). The summed E-state index contributed by atoms with van der Waals surface area (Å²) in [4.78, 5) is 4.15. The summed E-state index contributed by atoms with van der Waals surface area (Å²) in [5.74, 6) is 0.360. The van der Waals surface area contributed by atoms with Crippen molar-refractivity contribution in [2.24, 2.45) is 5.10 Å². The number of nitriles is 1. The molecule has 1 N–H and O–H groups in total. The smallest absolute Gasteiger partial charge is 0.252 e. The van der Waals surface area contributed by atoms with Crippen molar-refractivity contribution in [1.29, 1.82) is 5.26 Å². The zero-order chi connectivity index (χ0) is 21.8. The Morgan fingerprint density at radius 3 is 2.58 bits per heavy atom. The highest BCUT2D eigenvalue weighted by atomic mass is 19.1. The maximum Gasteiger partial charge on any atom is 0.252 e. The van der Waals surface area contributed by atoms with E-state index in [0.717, 1.165) is 11.3 Å². The van der Waals surface area contributed by atoms with Crippen LogP contribution >= 0.6 is 0 Å². The SMILES string of the molecule is CC(C)c1nc(C#N)c(N/N=C\c2cn(-c3ccccc3)nc2-c2ccc(F)cc2)o1. The Labute approximate surface area is 178 Å². The summed E-state index contributed by atoms with van der Waals surface area (Å²) in [5.41, 5.74) is 5.84. The van der Waals surface area contributed by atoms with Gasteiger partial charge in [0.15, 0.2) is 0 Å². The van der Waals surface area contributed by atoms with Gasteiger partial charge in [-0.05, 0) is 36.4 Å². The van der Waals surface area contributed by atoms with E-state index in [1.165, 1.54) is 12.1 Å². The van der Waals surface area contributed by atoms with Gasteiger partial charge in [0.05, 0.1) is 11.9 Å². The van der Waals surface area contributed by atoms with Crippen LogP contribution in [0.5, 0.6) is 0 Å². The number of rotatable bonds is 6. The van der Waals surface area contributed by atoms with Crippen LogP contribution in [0.4, 0.5) is 10.3 Å². The van der Waals surface area contributed by atoms with Crippen LogP contribution in [0.25, 0.3) is 16.9 Å². The second kappa shape index (κ2) is 8.63. The number of hydrazone groups is 1. The Morgan fingerprint density at radius 2 is 1.90 bits per heavy atom. The second-order valence-corrected chi connectivity index (χ2v) is 7.09. The van der Waals surface area contributed by atoms with Gasteiger partial charge in [-0.3, -0.25) is 0 Å². The third-order valence-electron chi connectivity index (χ3n) is 4.49. The Kier molecular flexibility index (Phi) is 5.58. The first-order valence-electron chi connectivity index (χ1n) is 9.66. The highest BCUT2D eigenvalue weighted by molar-refractivity contribution is 5.89. The van der Waals surface area contributed by atoms with Crippen LogP contribution in [-0.2, 0) is 0 Å². The Balaban J connectivity index is 1.68. The summed E-state index contributed by atoms with van der Waals surface area (Å²) in [7, 11) is 0. The molecule has 0 saturated carbocycles. The van der Waals surface area contributed by atoms with E-state index in [0.29, 0.717) is 17.1 Å². The first kappa shape index (κ1) is 20.0. The molecular weight excluding hydrogens is 395 g/mol. The normalized spacial score (nSPS) is 11.2. The molecule has 154 valence electrons. The van der Waals surface area contributed by atoms with E-state index in [1.807, 2.05) is 56.4 Å². The number of oxazole rings is 1. The molecule has 0 aliphatic carbocycles. The van der Waals surface area contributed by atoms with Gasteiger partial charge < -0.3 is 4.42 Å². The van der Waals surface area contributed by atoms with Gasteiger partial charge >= 0.3 is 0 Å². The number of halogens is 1. The lowest BCUT2D eigenvalue weighted by atomic mass is 10.1. The first-order valence-corrected chi connectivity index (χ1v) is 9.66. The van der Waals surface area contributed by atoms with Crippen molar-refractivity contribution in [2.75, 3.05) is 5.43 Å². The van der Waals surface area contributed by atoms with Gasteiger partial charge in [0.25, 0.3) is 5.88 Å². The number of hydrogen-bond acceptors (Lipinski definition) is 6. The van der Waals surface area contributed by atoms with Gasteiger partial charge in [-0.1, -0.05) is 32.0 Å². The summed E-state index contributed by atoms with van der Waals surface area (Å²) in [6.45, 7) is 3.85. The predicted molar refractivity (Wildman–Crippen MR) is 115 cm³/mol. The molecule has 0 atom stereocenters. The fourth-order valence-electron chi connectivity index (χ4n) is 2.92. The maximum atomic E-state index is 13.4. The Hall–Kier alpha value is -4.25. The minimum absolute atomic E-state index is 0.0424. The summed E-state index contributed by atoms with van der Waals surface area (Å²) in [5, 5.41) is 18.1. The van der Waals surface area contributed by atoms with Gasteiger partial charge in [-0.15, -0.1) is 0 Å². The van der Waals surface area contributed by atoms with E-state index in [2.05, 4.69) is 20.6 Å². The zero-order valence-electron chi connectivity index (χ0n) is 17.0. The topological polar surface area (TPSA) is 92.0 Å². The number of nitrogens with zero attached hydrogens (tertiary/aromatic N) is 5. The standard InChI is InChI=1S/C23H19FN6O/c1-15(2)22-27-20(12-25)23(31-22)28-26-13-17-14-30(19-6-4-3-5-7-19)29-21(17)16-8-10-18(24)11-9-16/h3-11,13-15,28H,1-2H3/b26-13-. The fraction of sp³-hybridized carbons (Fsp3) is 0.130. The number of aromatic nitrogens is 3. The van der Waals surface area contributed by atoms with Crippen molar-refractivity contribution in [3.05, 3.63) is 83.8 Å². The highest BCUT2D eigenvalue weighted by Gasteiger charge is 2.15. The lowest BCUT2D eigenvalue weighted by Crippen LogP contribution is -1.94. The molecule has 4 aromatic rings. The lowest BCUT2D eigenvalue weighted by molar-refractivity contribution is 0.481. The van der Waals surface area contributed by atoms with Crippen LogP contribution in [0, 0.1) is 17.1 Å². The van der Waals surface area contributed by atoms with E-state index in [4.69, 9.17) is 4.42 Å². The van der Waals surface area contributed by atoms with Crippen molar-refractivity contribution in [3.63, 3.8) is 0 Å². The van der Waals surface area contributed by atoms with E-state index in [-0.39, 0.29) is 23.3 Å². The van der Waals surface area contributed by atoms with Crippen LogP contribution in [0.2, 0.25) is 0 Å². The maximum absolute atomic E-state index is 13.4. The molecule has 0 radical (unpaired) electrons. The lowest BCUT2D eigenvalue weighted by Gasteiger charge is -2.00. The van der Waals surface area contributed by atoms with E-state index < -0.39 is 0 Å². The van der Waals surface area contributed by atoms with Gasteiger partial charge in [0.1, 0.15) is 17.6 Å². The van der Waals surface area contributed by atoms with Crippen LogP contribution in [-0.4, -0.2) is 21.0 Å². The van der Waals surface area contributed by atoms with Crippen molar-refractivity contribution in [1.82, 2.24) is 14.8 Å². The third-order valence-corrected chi connectivity index (χ3v) is 4.49. The van der Waals surface area contributed by atoms with Gasteiger partial charge in [0, 0.05) is 23.2 Å². The van der Waals surface area contributed by atoms with E-state index in [1.54, 1.807) is 23.0 Å². The molecule has 2 aromatic heterocycles. The fourth-order valence-corrected chi connectivity index (χ4v) is 2.92. The summed E-state index contributed by atoms with van der Waals surface area (Å²) in [6.07, 6.45) is 3.40. The summed E-state index contributed by atoms with van der Waals surface area (Å²) in [6, 6.07) is 17.7. The minimum atomic E-state index is -0.321. The van der Waals surface area contributed by atoms with Crippen LogP contribution in [0.15, 0.2) is 70.3 Å². The van der Waals surface area contributed by atoms with Gasteiger partial charge in [-0.2, -0.15) is 15.5 Å². The molecule has 0 unspecified atom stereocenters. The van der Waals surface area contributed by atoms with Crippen LogP contribution in [0.3, 0.4) is 0 Å². The molecule has 0 aliphatic heterocycles. The first-order chi connectivity index (χ1) is 15.0. The van der Waals surface area contributed by atoms with Crippen molar-refractivity contribution >= 4 is 12.1 Å². The Morgan fingerprint density at radius 1 is 1.16 bits per heavy atom. The van der Waals surface area contributed by atoms with Crippen molar-refractivity contribution in [3.8, 4) is 23.0 Å². The van der Waals surface area contributed by atoms with Gasteiger partial charge in [0.2, 0.25) is 11.6 Å². The largest absolute Gasteiger partial charge is 0.422 e. The quantitative estimate of drug-likeness (QED) is 0.350. The molecule has 2 aromatic carbocycles. The molecule has 2 heterocycles. The van der Waals surface area contributed by atoms with Crippen LogP contribution in [0.1, 0.15) is 36.9 Å². The number of benzene rings is 2. The third kappa shape index (κ3) is 4.36.